The van der Waals surface area contributed by atoms with Gasteiger partial charge < -0.3 is 5.11 Å². The highest BCUT2D eigenvalue weighted by molar-refractivity contribution is 5.99. The molecule has 0 aliphatic heterocycles. The van der Waals surface area contributed by atoms with Crippen LogP contribution in [0, 0.1) is 5.92 Å². The molecule has 0 amide bonds. The number of rotatable bonds is 1. The van der Waals surface area contributed by atoms with Gasteiger partial charge in [0.25, 0.3) is 0 Å². The van der Waals surface area contributed by atoms with Gasteiger partial charge in [-0.15, -0.1) is 0 Å². The van der Waals surface area contributed by atoms with Crippen molar-refractivity contribution in [3.8, 4) is 0 Å². The maximum Gasteiger partial charge on any atom is 0.190 e. The van der Waals surface area contributed by atoms with Crippen LogP contribution in [0.5, 0.6) is 0 Å². The van der Waals surface area contributed by atoms with Gasteiger partial charge >= 0.3 is 0 Å². The minimum atomic E-state index is -1.30. The van der Waals surface area contributed by atoms with Crippen molar-refractivity contribution in [2.24, 2.45) is 5.92 Å². The van der Waals surface area contributed by atoms with Crippen LogP contribution < -0.4 is 0 Å². The molecule has 12 heavy (non-hydrogen) atoms. The van der Waals surface area contributed by atoms with Crippen molar-refractivity contribution < 1.29 is 9.90 Å². The van der Waals surface area contributed by atoms with E-state index in [2.05, 4.69) is 0 Å². The zero-order chi connectivity index (χ0) is 9.35. The Balaban J connectivity index is 2.97. The lowest BCUT2D eigenvalue weighted by Crippen LogP contribution is -2.33. The Hall–Kier alpha value is -0.890. The fourth-order valence-corrected chi connectivity index (χ4v) is 1.14. The number of ketones is 1. The largest absolute Gasteiger partial charge is 0.378 e. The third-order valence-electron chi connectivity index (χ3n) is 2.04. The van der Waals surface area contributed by atoms with Crippen LogP contribution >= 0.6 is 0 Å². The van der Waals surface area contributed by atoms with Crippen LogP contribution in [0.3, 0.4) is 0 Å². The lowest BCUT2D eigenvalue weighted by molar-refractivity contribution is -0.126. The van der Waals surface area contributed by atoms with Crippen LogP contribution in [0.15, 0.2) is 23.8 Å². The van der Waals surface area contributed by atoms with Gasteiger partial charge in [0.15, 0.2) is 5.78 Å². The maximum atomic E-state index is 11.1. The minimum absolute atomic E-state index is 0.244. The first kappa shape index (κ1) is 9.20. The Bertz CT molecular complexity index is 257. The van der Waals surface area contributed by atoms with E-state index in [0.717, 1.165) is 5.57 Å². The van der Waals surface area contributed by atoms with E-state index in [1.165, 1.54) is 13.0 Å². The number of carbonyl (C=O) groups excluding carboxylic acids is 1. The fourth-order valence-electron chi connectivity index (χ4n) is 1.14. The molecule has 0 saturated carbocycles. The van der Waals surface area contributed by atoms with Gasteiger partial charge in [-0.05, 0) is 30.6 Å². The quantitative estimate of drug-likeness (QED) is 0.640. The van der Waals surface area contributed by atoms with E-state index in [-0.39, 0.29) is 5.78 Å². The summed E-state index contributed by atoms with van der Waals surface area (Å²) in [7, 11) is 0. The van der Waals surface area contributed by atoms with Gasteiger partial charge in [0.1, 0.15) is 5.60 Å². The summed E-state index contributed by atoms with van der Waals surface area (Å²) in [6, 6.07) is 0. The van der Waals surface area contributed by atoms with Gasteiger partial charge in [-0.1, -0.05) is 19.9 Å². The standard InChI is InChI=1S/C10H14O2/c1-7(2)8-4-5-9(11)10(3,12)6-8/h4-7,12H,1-3H3. The van der Waals surface area contributed by atoms with Crippen molar-refractivity contribution in [2.45, 2.75) is 26.4 Å². The fraction of sp³-hybridized carbons (Fsp3) is 0.500. The molecule has 1 rings (SSSR count). The van der Waals surface area contributed by atoms with Crippen LogP contribution in [0.2, 0.25) is 0 Å². The first-order chi connectivity index (χ1) is 5.43. The summed E-state index contributed by atoms with van der Waals surface area (Å²) in [5.74, 6) is 0.104. The molecule has 1 aliphatic rings. The summed E-state index contributed by atoms with van der Waals surface area (Å²) in [6.45, 7) is 5.57. The highest BCUT2D eigenvalue weighted by Gasteiger charge is 2.28. The molecule has 66 valence electrons. The van der Waals surface area contributed by atoms with Crippen molar-refractivity contribution in [3.05, 3.63) is 23.8 Å². The first-order valence-corrected chi connectivity index (χ1v) is 4.11. The van der Waals surface area contributed by atoms with E-state index in [1.807, 2.05) is 13.8 Å². The molecule has 0 bridgehead atoms. The third-order valence-corrected chi connectivity index (χ3v) is 2.04. The van der Waals surface area contributed by atoms with E-state index >= 15 is 0 Å². The van der Waals surface area contributed by atoms with E-state index in [9.17, 15) is 9.90 Å². The zero-order valence-electron chi connectivity index (χ0n) is 7.66. The van der Waals surface area contributed by atoms with E-state index < -0.39 is 5.60 Å². The van der Waals surface area contributed by atoms with Crippen LogP contribution in [0.25, 0.3) is 0 Å². The van der Waals surface area contributed by atoms with Gasteiger partial charge in [0, 0.05) is 0 Å². The molecule has 0 aromatic heterocycles. The summed E-state index contributed by atoms with van der Waals surface area (Å²) in [4.78, 5) is 11.1. The minimum Gasteiger partial charge on any atom is -0.378 e. The molecule has 1 unspecified atom stereocenters. The Kier molecular flexibility index (Phi) is 2.20. The smallest absolute Gasteiger partial charge is 0.190 e. The summed E-state index contributed by atoms with van der Waals surface area (Å²) in [5, 5.41) is 9.59. The zero-order valence-corrected chi connectivity index (χ0v) is 7.66. The van der Waals surface area contributed by atoms with Crippen LogP contribution in [0.1, 0.15) is 20.8 Å². The van der Waals surface area contributed by atoms with Crippen molar-refractivity contribution in [1.29, 1.82) is 0 Å². The number of hydrogen-bond donors (Lipinski definition) is 1. The average Bonchev–Trinajstić information content (AvgIpc) is 1.94. The number of carbonyl (C=O) groups is 1. The van der Waals surface area contributed by atoms with Crippen LogP contribution in [-0.4, -0.2) is 16.5 Å². The topological polar surface area (TPSA) is 37.3 Å². The molecule has 0 spiro atoms. The molecule has 0 heterocycles. The normalized spacial score (nSPS) is 29.4. The van der Waals surface area contributed by atoms with Crippen molar-refractivity contribution in [3.63, 3.8) is 0 Å². The second-order valence-electron chi connectivity index (χ2n) is 3.64. The number of allylic oxidation sites excluding steroid dienone is 2. The molecule has 0 radical (unpaired) electrons. The summed E-state index contributed by atoms with van der Waals surface area (Å²) in [6.07, 6.45) is 4.83. The second kappa shape index (κ2) is 2.87. The average molecular weight is 166 g/mol. The van der Waals surface area contributed by atoms with Gasteiger partial charge in [0.2, 0.25) is 0 Å². The lowest BCUT2D eigenvalue weighted by Gasteiger charge is -2.22. The first-order valence-electron chi connectivity index (χ1n) is 4.11. The lowest BCUT2D eigenvalue weighted by atomic mass is 9.88. The molecule has 1 aliphatic carbocycles. The predicted octanol–water partition coefficient (Wildman–Crippen LogP) is 1.46. The van der Waals surface area contributed by atoms with Crippen molar-refractivity contribution >= 4 is 5.78 Å². The Morgan fingerprint density at radius 2 is 2.00 bits per heavy atom. The van der Waals surface area contributed by atoms with Gasteiger partial charge in [0.05, 0.1) is 0 Å². The summed E-state index contributed by atoms with van der Waals surface area (Å²) >= 11 is 0. The van der Waals surface area contributed by atoms with Crippen molar-refractivity contribution in [2.75, 3.05) is 0 Å². The van der Waals surface area contributed by atoms with Crippen LogP contribution in [-0.2, 0) is 4.79 Å². The molecular weight excluding hydrogens is 152 g/mol. The highest BCUT2D eigenvalue weighted by atomic mass is 16.3. The van der Waals surface area contributed by atoms with Crippen LogP contribution in [0.4, 0.5) is 0 Å². The molecule has 0 saturated heterocycles. The highest BCUT2D eigenvalue weighted by Crippen LogP contribution is 2.22. The molecule has 0 aromatic rings. The molecule has 0 fully saturated rings. The van der Waals surface area contributed by atoms with Gasteiger partial charge in [-0.2, -0.15) is 0 Å². The van der Waals surface area contributed by atoms with Gasteiger partial charge in [-0.3, -0.25) is 4.79 Å². The Morgan fingerprint density at radius 1 is 1.42 bits per heavy atom. The second-order valence-corrected chi connectivity index (χ2v) is 3.64. The molecular formula is C10H14O2. The Labute approximate surface area is 72.6 Å². The van der Waals surface area contributed by atoms with Gasteiger partial charge in [-0.25, -0.2) is 0 Å². The van der Waals surface area contributed by atoms with E-state index in [4.69, 9.17) is 0 Å². The molecule has 2 nitrogen and oxygen atoms in total. The molecule has 1 atom stereocenters. The maximum absolute atomic E-state index is 11.1. The van der Waals surface area contributed by atoms with E-state index in [0.29, 0.717) is 5.92 Å². The van der Waals surface area contributed by atoms with Crippen molar-refractivity contribution in [1.82, 2.24) is 0 Å². The molecule has 1 N–H and O–H groups in total. The third kappa shape index (κ3) is 1.64. The molecule has 2 heteroatoms. The summed E-state index contributed by atoms with van der Waals surface area (Å²) in [5.41, 5.74) is -0.284. The predicted molar refractivity (Wildman–Crippen MR) is 47.7 cm³/mol. The Morgan fingerprint density at radius 3 is 2.42 bits per heavy atom. The monoisotopic (exact) mass is 166 g/mol. The SMILES string of the molecule is CC(C)C1=CC(C)(O)C(=O)C=C1. The number of hydrogen-bond acceptors (Lipinski definition) is 2. The van der Waals surface area contributed by atoms with E-state index in [1.54, 1.807) is 12.2 Å². The molecule has 0 aromatic carbocycles. The number of aliphatic hydroxyl groups is 1. The summed E-state index contributed by atoms with van der Waals surface area (Å²) < 4.78 is 0.